The van der Waals surface area contributed by atoms with Gasteiger partial charge in [-0.3, -0.25) is 0 Å². The van der Waals surface area contributed by atoms with Crippen molar-refractivity contribution in [2.45, 2.75) is 19.5 Å². The van der Waals surface area contributed by atoms with Crippen LogP contribution in [-0.4, -0.2) is 12.1 Å². The molecule has 0 bridgehead atoms. The fourth-order valence-electron chi connectivity index (χ4n) is 2.05. The van der Waals surface area contributed by atoms with E-state index >= 15 is 0 Å². The Bertz CT molecular complexity index is 619. The second-order valence-electron chi connectivity index (χ2n) is 4.51. The summed E-state index contributed by atoms with van der Waals surface area (Å²) in [5, 5.41) is 12.3. The molecule has 0 aliphatic carbocycles. The molecule has 102 valence electrons. The summed E-state index contributed by atoms with van der Waals surface area (Å²) in [5.41, 5.74) is 2.59. The van der Waals surface area contributed by atoms with E-state index in [1.807, 2.05) is 36.4 Å². The van der Waals surface area contributed by atoms with Crippen molar-refractivity contribution in [3.8, 4) is 11.8 Å². The maximum atomic E-state index is 8.84. The van der Waals surface area contributed by atoms with Crippen LogP contribution in [0.4, 0.5) is 0 Å². The molecule has 4 nitrogen and oxygen atoms in total. The van der Waals surface area contributed by atoms with Crippen LogP contribution >= 0.6 is 0 Å². The molecule has 20 heavy (non-hydrogen) atoms. The standard InChI is InChI=1S/C16H17N3O/c1-12(15-5-3-4-6-16(15)20-2)19-11-13-7-8-18-14(9-13)10-17/h3-9,12,19H,11H2,1-2H3/t12-/m1/s1. The van der Waals surface area contributed by atoms with Crippen molar-refractivity contribution < 1.29 is 4.74 Å². The second kappa shape index (κ2) is 6.69. The van der Waals surface area contributed by atoms with E-state index in [-0.39, 0.29) is 6.04 Å². The molecule has 0 aliphatic rings. The highest BCUT2D eigenvalue weighted by Crippen LogP contribution is 2.24. The summed E-state index contributed by atoms with van der Waals surface area (Å²) in [5.74, 6) is 0.875. The summed E-state index contributed by atoms with van der Waals surface area (Å²) < 4.78 is 5.36. The quantitative estimate of drug-likeness (QED) is 0.905. The predicted molar refractivity (Wildman–Crippen MR) is 77.2 cm³/mol. The predicted octanol–water partition coefficient (Wildman–Crippen LogP) is 2.81. The van der Waals surface area contributed by atoms with Crippen LogP contribution in [0.3, 0.4) is 0 Å². The number of aromatic nitrogens is 1. The maximum absolute atomic E-state index is 8.84. The van der Waals surface area contributed by atoms with Gasteiger partial charge < -0.3 is 10.1 Å². The molecular formula is C16H17N3O. The van der Waals surface area contributed by atoms with E-state index in [1.165, 1.54) is 0 Å². The number of hydrogen-bond acceptors (Lipinski definition) is 4. The van der Waals surface area contributed by atoms with Crippen LogP contribution in [0.15, 0.2) is 42.6 Å². The third-order valence-electron chi connectivity index (χ3n) is 3.16. The van der Waals surface area contributed by atoms with Crippen molar-refractivity contribution in [2.75, 3.05) is 7.11 Å². The van der Waals surface area contributed by atoms with E-state index in [2.05, 4.69) is 17.2 Å². The van der Waals surface area contributed by atoms with E-state index in [4.69, 9.17) is 10.00 Å². The number of para-hydroxylation sites is 1. The topological polar surface area (TPSA) is 57.9 Å². The average Bonchev–Trinajstić information content (AvgIpc) is 2.52. The first kappa shape index (κ1) is 14.0. The molecule has 0 spiro atoms. The molecule has 1 atom stereocenters. The Balaban J connectivity index is 2.05. The molecule has 2 aromatic rings. The minimum absolute atomic E-state index is 0.157. The molecule has 0 aliphatic heterocycles. The van der Waals surface area contributed by atoms with Crippen LogP contribution in [0.5, 0.6) is 5.75 Å². The molecule has 0 amide bonds. The lowest BCUT2D eigenvalue weighted by atomic mass is 10.1. The summed E-state index contributed by atoms with van der Waals surface area (Å²) in [6.07, 6.45) is 1.66. The first-order valence-corrected chi connectivity index (χ1v) is 6.46. The third kappa shape index (κ3) is 3.34. The van der Waals surface area contributed by atoms with Crippen molar-refractivity contribution in [3.05, 3.63) is 59.4 Å². The normalized spacial score (nSPS) is 11.7. The number of methoxy groups -OCH3 is 1. The van der Waals surface area contributed by atoms with Crippen LogP contribution in [0.25, 0.3) is 0 Å². The monoisotopic (exact) mass is 267 g/mol. The number of ether oxygens (including phenoxy) is 1. The van der Waals surface area contributed by atoms with Crippen LogP contribution in [0.2, 0.25) is 0 Å². The van der Waals surface area contributed by atoms with Crippen LogP contribution < -0.4 is 10.1 Å². The van der Waals surface area contributed by atoms with Gasteiger partial charge in [0.25, 0.3) is 0 Å². The van der Waals surface area contributed by atoms with E-state index in [0.29, 0.717) is 12.2 Å². The minimum atomic E-state index is 0.157. The zero-order chi connectivity index (χ0) is 14.4. The Hall–Kier alpha value is -2.38. The van der Waals surface area contributed by atoms with Crippen molar-refractivity contribution in [2.24, 2.45) is 0 Å². The van der Waals surface area contributed by atoms with Crippen molar-refractivity contribution in [1.82, 2.24) is 10.3 Å². The molecule has 1 aromatic heterocycles. The van der Waals surface area contributed by atoms with Gasteiger partial charge in [-0.2, -0.15) is 5.26 Å². The lowest BCUT2D eigenvalue weighted by Crippen LogP contribution is -2.18. The molecule has 0 radical (unpaired) electrons. The van der Waals surface area contributed by atoms with Gasteiger partial charge in [0.05, 0.1) is 7.11 Å². The molecule has 1 heterocycles. The van der Waals surface area contributed by atoms with E-state index in [0.717, 1.165) is 16.9 Å². The van der Waals surface area contributed by atoms with Crippen LogP contribution in [0, 0.1) is 11.3 Å². The lowest BCUT2D eigenvalue weighted by Gasteiger charge is -2.17. The molecule has 1 N–H and O–H groups in total. The fraction of sp³-hybridized carbons (Fsp3) is 0.250. The number of pyridine rings is 1. The summed E-state index contributed by atoms with van der Waals surface area (Å²) in [7, 11) is 1.67. The zero-order valence-corrected chi connectivity index (χ0v) is 11.6. The number of rotatable bonds is 5. The summed E-state index contributed by atoms with van der Waals surface area (Å²) in [6.45, 7) is 2.76. The van der Waals surface area contributed by atoms with E-state index < -0.39 is 0 Å². The van der Waals surface area contributed by atoms with Gasteiger partial charge in [0.2, 0.25) is 0 Å². The van der Waals surface area contributed by atoms with Gasteiger partial charge in [-0.25, -0.2) is 4.98 Å². The van der Waals surface area contributed by atoms with Gasteiger partial charge in [0, 0.05) is 24.3 Å². The van der Waals surface area contributed by atoms with Crippen LogP contribution in [-0.2, 0) is 6.54 Å². The highest BCUT2D eigenvalue weighted by molar-refractivity contribution is 5.35. The molecule has 0 fully saturated rings. The average molecular weight is 267 g/mol. The number of hydrogen-bond donors (Lipinski definition) is 1. The Morgan fingerprint density at radius 2 is 2.15 bits per heavy atom. The number of nitrogens with one attached hydrogen (secondary N) is 1. The number of nitriles is 1. The zero-order valence-electron chi connectivity index (χ0n) is 11.6. The largest absolute Gasteiger partial charge is 0.496 e. The first-order valence-electron chi connectivity index (χ1n) is 6.46. The lowest BCUT2D eigenvalue weighted by molar-refractivity contribution is 0.401. The van der Waals surface area contributed by atoms with E-state index in [9.17, 15) is 0 Å². The Kier molecular flexibility index (Phi) is 4.70. The van der Waals surface area contributed by atoms with Crippen molar-refractivity contribution >= 4 is 0 Å². The Labute approximate surface area is 119 Å². The smallest absolute Gasteiger partial charge is 0.140 e. The van der Waals surface area contributed by atoms with Crippen molar-refractivity contribution in [3.63, 3.8) is 0 Å². The Morgan fingerprint density at radius 1 is 1.35 bits per heavy atom. The molecule has 0 unspecified atom stereocenters. The highest BCUT2D eigenvalue weighted by atomic mass is 16.5. The SMILES string of the molecule is COc1ccccc1[C@@H](C)NCc1ccnc(C#N)c1. The maximum Gasteiger partial charge on any atom is 0.140 e. The summed E-state index contributed by atoms with van der Waals surface area (Å²) >= 11 is 0. The Morgan fingerprint density at radius 3 is 2.90 bits per heavy atom. The number of nitrogens with zero attached hydrogens (tertiary/aromatic N) is 2. The fourth-order valence-corrected chi connectivity index (χ4v) is 2.05. The summed E-state index contributed by atoms with van der Waals surface area (Å²) in [6, 6.07) is 13.9. The van der Waals surface area contributed by atoms with Gasteiger partial charge >= 0.3 is 0 Å². The molecular weight excluding hydrogens is 250 g/mol. The molecule has 2 rings (SSSR count). The number of benzene rings is 1. The molecule has 1 aromatic carbocycles. The minimum Gasteiger partial charge on any atom is -0.496 e. The van der Waals surface area contributed by atoms with Gasteiger partial charge in [-0.05, 0) is 30.7 Å². The van der Waals surface area contributed by atoms with Gasteiger partial charge in [0.1, 0.15) is 17.5 Å². The first-order chi connectivity index (χ1) is 9.74. The van der Waals surface area contributed by atoms with Gasteiger partial charge in [0.15, 0.2) is 0 Å². The van der Waals surface area contributed by atoms with Gasteiger partial charge in [-0.15, -0.1) is 0 Å². The molecule has 0 saturated heterocycles. The molecule has 0 saturated carbocycles. The van der Waals surface area contributed by atoms with Gasteiger partial charge in [-0.1, -0.05) is 18.2 Å². The van der Waals surface area contributed by atoms with Crippen LogP contribution in [0.1, 0.15) is 29.8 Å². The summed E-state index contributed by atoms with van der Waals surface area (Å²) in [4.78, 5) is 3.96. The van der Waals surface area contributed by atoms with Crippen molar-refractivity contribution in [1.29, 1.82) is 5.26 Å². The molecule has 4 heteroatoms. The highest BCUT2D eigenvalue weighted by Gasteiger charge is 2.10. The second-order valence-corrected chi connectivity index (χ2v) is 4.51. The van der Waals surface area contributed by atoms with E-state index in [1.54, 1.807) is 19.4 Å². The third-order valence-corrected chi connectivity index (χ3v) is 3.16.